The van der Waals surface area contributed by atoms with E-state index in [1.807, 2.05) is 4.90 Å². The summed E-state index contributed by atoms with van der Waals surface area (Å²) in [7, 11) is 1.71. The Balaban J connectivity index is 2.21. The molecule has 0 aromatic carbocycles. The maximum Gasteiger partial charge on any atom is 0.293 e. The van der Waals surface area contributed by atoms with Crippen LogP contribution in [0.4, 0.5) is 5.82 Å². The Bertz CT molecular complexity index is 456. The lowest BCUT2D eigenvalue weighted by Gasteiger charge is -2.27. The van der Waals surface area contributed by atoms with Crippen molar-refractivity contribution < 1.29 is 5.21 Å². The summed E-state index contributed by atoms with van der Waals surface area (Å²) in [6.07, 6.45) is 4.61. The first-order chi connectivity index (χ1) is 7.72. The molecule has 0 spiro atoms. The summed E-state index contributed by atoms with van der Waals surface area (Å²) >= 11 is 0. The van der Waals surface area contributed by atoms with E-state index >= 15 is 0 Å². The van der Waals surface area contributed by atoms with E-state index in [-0.39, 0.29) is 5.56 Å². The summed E-state index contributed by atoms with van der Waals surface area (Å²) in [5, 5.41) is 11.8. The van der Waals surface area contributed by atoms with Crippen molar-refractivity contribution in [1.29, 1.82) is 0 Å². The topological polar surface area (TPSA) is 70.7 Å². The number of aryl methyl sites for hydroxylation is 1. The van der Waals surface area contributed by atoms with Crippen molar-refractivity contribution in [1.82, 2.24) is 9.55 Å². The minimum absolute atomic E-state index is 0.0908. The Labute approximate surface area is 92.8 Å². The van der Waals surface area contributed by atoms with E-state index in [0.717, 1.165) is 5.71 Å². The second-order valence-corrected chi connectivity index (χ2v) is 3.82. The molecule has 0 unspecified atom stereocenters. The Morgan fingerprint density at radius 2 is 2.12 bits per heavy atom. The van der Waals surface area contributed by atoms with Crippen LogP contribution in [0, 0.1) is 0 Å². The second-order valence-electron chi connectivity index (χ2n) is 3.82. The molecule has 1 aliphatic heterocycles. The highest BCUT2D eigenvalue weighted by Crippen LogP contribution is 2.12. The van der Waals surface area contributed by atoms with Gasteiger partial charge in [-0.2, -0.15) is 0 Å². The Kier molecular flexibility index (Phi) is 2.89. The third kappa shape index (κ3) is 1.91. The number of anilines is 1. The molecule has 16 heavy (non-hydrogen) atoms. The van der Waals surface area contributed by atoms with Crippen LogP contribution in [0.5, 0.6) is 0 Å². The van der Waals surface area contributed by atoms with Crippen LogP contribution < -0.4 is 10.5 Å². The third-order valence-corrected chi connectivity index (χ3v) is 2.78. The molecule has 6 nitrogen and oxygen atoms in total. The summed E-state index contributed by atoms with van der Waals surface area (Å²) in [5.74, 6) is 0.474. The number of hydrogen-bond acceptors (Lipinski definition) is 5. The van der Waals surface area contributed by atoms with Crippen molar-refractivity contribution in [2.24, 2.45) is 12.2 Å². The standard InChI is InChI=1S/C10H14N4O2/c1-13-7-4-11-9(10(13)15)14-5-2-8(12-16)3-6-14/h4,7,16H,2-3,5-6H2,1H3. The number of nitrogens with zero attached hydrogens (tertiary/aromatic N) is 4. The molecule has 0 aliphatic carbocycles. The largest absolute Gasteiger partial charge is 0.411 e. The lowest BCUT2D eigenvalue weighted by molar-refractivity contribution is 0.315. The van der Waals surface area contributed by atoms with Gasteiger partial charge in [-0.15, -0.1) is 0 Å². The molecule has 1 aromatic heterocycles. The molecular weight excluding hydrogens is 208 g/mol. The van der Waals surface area contributed by atoms with Crippen molar-refractivity contribution in [3.8, 4) is 0 Å². The molecule has 1 aromatic rings. The molecule has 0 saturated carbocycles. The molecule has 2 heterocycles. The Morgan fingerprint density at radius 1 is 1.44 bits per heavy atom. The number of piperidine rings is 1. The molecule has 0 atom stereocenters. The molecule has 1 N–H and O–H groups in total. The number of rotatable bonds is 1. The summed E-state index contributed by atoms with van der Waals surface area (Å²) in [5.41, 5.74) is 0.691. The fourth-order valence-electron chi connectivity index (χ4n) is 1.78. The zero-order chi connectivity index (χ0) is 11.5. The van der Waals surface area contributed by atoms with E-state index in [4.69, 9.17) is 5.21 Å². The molecule has 2 rings (SSSR count). The number of oxime groups is 1. The normalized spacial score (nSPS) is 16.3. The fourth-order valence-corrected chi connectivity index (χ4v) is 1.78. The van der Waals surface area contributed by atoms with Gasteiger partial charge in [-0.1, -0.05) is 5.16 Å². The van der Waals surface area contributed by atoms with E-state index in [1.165, 1.54) is 4.57 Å². The van der Waals surface area contributed by atoms with Crippen LogP contribution in [0.1, 0.15) is 12.8 Å². The SMILES string of the molecule is Cn1ccnc(N2CCC(=NO)CC2)c1=O. The van der Waals surface area contributed by atoms with Crippen LogP contribution in [0.15, 0.2) is 22.3 Å². The van der Waals surface area contributed by atoms with Gasteiger partial charge >= 0.3 is 0 Å². The minimum atomic E-state index is -0.0908. The molecule has 1 aliphatic rings. The van der Waals surface area contributed by atoms with Crippen molar-refractivity contribution >= 4 is 11.5 Å². The fraction of sp³-hybridized carbons (Fsp3) is 0.500. The van der Waals surface area contributed by atoms with E-state index in [9.17, 15) is 4.79 Å². The average Bonchev–Trinajstić information content (AvgIpc) is 2.33. The Hall–Kier alpha value is -1.85. The number of hydrogen-bond donors (Lipinski definition) is 1. The van der Waals surface area contributed by atoms with Crippen LogP contribution in [-0.4, -0.2) is 33.6 Å². The molecule has 1 saturated heterocycles. The monoisotopic (exact) mass is 222 g/mol. The van der Waals surface area contributed by atoms with Crippen molar-refractivity contribution in [3.63, 3.8) is 0 Å². The Morgan fingerprint density at radius 3 is 2.75 bits per heavy atom. The van der Waals surface area contributed by atoms with Crippen molar-refractivity contribution in [2.45, 2.75) is 12.8 Å². The smallest absolute Gasteiger partial charge is 0.293 e. The van der Waals surface area contributed by atoms with Crippen LogP contribution in [0.25, 0.3) is 0 Å². The van der Waals surface area contributed by atoms with Crippen LogP contribution in [-0.2, 0) is 7.05 Å². The molecule has 6 heteroatoms. The van der Waals surface area contributed by atoms with Crippen LogP contribution in [0.2, 0.25) is 0 Å². The second kappa shape index (κ2) is 4.34. The van der Waals surface area contributed by atoms with Gasteiger partial charge in [0.2, 0.25) is 0 Å². The highest BCUT2D eigenvalue weighted by atomic mass is 16.4. The molecule has 1 fully saturated rings. The van der Waals surface area contributed by atoms with Gasteiger partial charge in [0.15, 0.2) is 5.82 Å². The zero-order valence-corrected chi connectivity index (χ0v) is 9.13. The van der Waals surface area contributed by atoms with Gasteiger partial charge in [-0.3, -0.25) is 4.79 Å². The quantitative estimate of drug-likeness (QED) is 0.544. The first-order valence-electron chi connectivity index (χ1n) is 5.19. The molecule has 0 bridgehead atoms. The van der Waals surface area contributed by atoms with Crippen LogP contribution >= 0.6 is 0 Å². The molecule has 86 valence electrons. The van der Waals surface area contributed by atoms with Crippen LogP contribution in [0.3, 0.4) is 0 Å². The van der Waals surface area contributed by atoms with Gasteiger partial charge in [-0.25, -0.2) is 4.98 Å². The zero-order valence-electron chi connectivity index (χ0n) is 9.13. The summed E-state index contributed by atoms with van der Waals surface area (Å²) in [6.45, 7) is 1.34. The van der Waals surface area contributed by atoms with Gasteiger partial charge in [0.05, 0.1) is 5.71 Å². The van der Waals surface area contributed by atoms with Gasteiger partial charge in [0.1, 0.15) is 0 Å². The first kappa shape index (κ1) is 10.7. The third-order valence-electron chi connectivity index (χ3n) is 2.78. The summed E-state index contributed by atoms with van der Waals surface area (Å²) in [4.78, 5) is 17.8. The van der Waals surface area contributed by atoms with Crippen molar-refractivity contribution in [3.05, 3.63) is 22.7 Å². The highest BCUT2D eigenvalue weighted by Gasteiger charge is 2.19. The highest BCUT2D eigenvalue weighted by molar-refractivity contribution is 5.85. The van der Waals surface area contributed by atoms with E-state index in [2.05, 4.69) is 10.1 Å². The van der Waals surface area contributed by atoms with Gasteiger partial charge in [0.25, 0.3) is 5.56 Å². The average molecular weight is 222 g/mol. The lowest BCUT2D eigenvalue weighted by atomic mass is 10.1. The molecular formula is C10H14N4O2. The molecule has 0 radical (unpaired) electrons. The van der Waals surface area contributed by atoms with E-state index < -0.39 is 0 Å². The first-order valence-corrected chi connectivity index (χ1v) is 5.19. The van der Waals surface area contributed by atoms with E-state index in [1.54, 1.807) is 19.4 Å². The summed E-state index contributed by atoms with van der Waals surface area (Å²) in [6, 6.07) is 0. The maximum atomic E-state index is 11.8. The van der Waals surface area contributed by atoms with Crippen molar-refractivity contribution in [2.75, 3.05) is 18.0 Å². The molecule has 0 amide bonds. The van der Waals surface area contributed by atoms with Gasteiger partial charge < -0.3 is 14.7 Å². The van der Waals surface area contributed by atoms with Gasteiger partial charge in [-0.05, 0) is 0 Å². The van der Waals surface area contributed by atoms with Gasteiger partial charge in [0, 0.05) is 45.4 Å². The summed E-state index contributed by atoms with van der Waals surface area (Å²) < 4.78 is 1.51. The lowest BCUT2D eigenvalue weighted by Crippen LogP contribution is -2.39. The predicted molar refractivity (Wildman–Crippen MR) is 60.1 cm³/mol. The maximum absolute atomic E-state index is 11.8. The predicted octanol–water partition coefficient (Wildman–Crippen LogP) is 0.211. The number of aromatic nitrogens is 2. The minimum Gasteiger partial charge on any atom is -0.411 e. The van der Waals surface area contributed by atoms with E-state index in [0.29, 0.717) is 31.7 Å².